The first-order valence-corrected chi connectivity index (χ1v) is 14.3. The molecule has 4 aliphatic rings. The fraction of sp³-hybridized carbons (Fsp3) is 0.967. The standard InChI is InChI=1S/C30H52O3/c1-18(2)19(3)8-9-20(4)25-12-13-26-24-11-10-22-16-23(33-21(5)31)17-28(32)30(22,7)27(24)14-15-29(25,26)6/h18-20,22-28,32H,8-17H2,1-7H3/t19-,20-,22?,23?,24+,25-,26+,27+,28?,29-,30+/m1/s1. The predicted molar refractivity (Wildman–Crippen MR) is 135 cm³/mol. The van der Waals surface area contributed by atoms with Crippen LogP contribution in [0.3, 0.4) is 0 Å². The van der Waals surface area contributed by atoms with Crippen molar-refractivity contribution in [2.45, 2.75) is 125 Å². The topological polar surface area (TPSA) is 46.5 Å². The first kappa shape index (κ1) is 25.5. The zero-order valence-electron chi connectivity index (χ0n) is 22.6. The molecule has 0 radical (unpaired) electrons. The molecule has 0 heterocycles. The first-order valence-electron chi connectivity index (χ1n) is 14.3. The Morgan fingerprint density at radius 3 is 2.36 bits per heavy atom. The van der Waals surface area contributed by atoms with Gasteiger partial charge in [0, 0.05) is 13.3 Å². The van der Waals surface area contributed by atoms with E-state index in [-0.39, 0.29) is 23.6 Å². The van der Waals surface area contributed by atoms with Gasteiger partial charge >= 0.3 is 5.97 Å². The molecule has 4 aliphatic carbocycles. The summed E-state index contributed by atoms with van der Waals surface area (Å²) in [7, 11) is 0. The van der Waals surface area contributed by atoms with Gasteiger partial charge in [0.15, 0.2) is 0 Å². The average molecular weight is 461 g/mol. The summed E-state index contributed by atoms with van der Waals surface area (Å²) in [4.78, 5) is 11.5. The largest absolute Gasteiger partial charge is 0.462 e. The second-order valence-electron chi connectivity index (χ2n) is 13.7. The normalized spacial score (nSPS) is 46.8. The van der Waals surface area contributed by atoms with Crippen LogP contribution in [-0.2, 0) is 9.53 Å². The van der Waals surface area contributed by atoms with Gasteiger partial charge in [-0.25, -0.2) is 0 Å². The van der Waals surface area contributed by atoms with Gasteiger partial charge in [0.2, 0.25) is 0 Å². The van der Waals surface area contributed by atoms with Crippen molar-refractivity contribution in [2.24, 2.45) is 58.2 Å². The van der Waals surface area contributed by atoms with Crippen molar-refractivity contribution >= 4 is 5.97 Å². The Morgan fingerprint density at radius 2 is 1.70 bits per heavy atom. The van der Waals surface area contributed by atoms with E-state index in [1.807, 2.05) is 0 Å². The summed E-state index contributed by atoms with van der Waals surface area (Å²) in [6.07, 6.45) is 11.9. The van der Waals surface area contributed by atoms with Crippen molar-refractivity contribution in [3.05, 3.63) is 0 Å². The highest BCUT2D eigenvalue weighted by Crippen LogP contribution is 2.68. The van der Waals surface area contributed by atoms with Gasteiger partial charge in [0.05, 0.1) is 6.10 Å². The van der Waals surface area contributed by atoms with Gasteiger partial charge < -0.3 is 9.84 Å². The van der Waals surface area contributed by atoms with Crippen LogP contribution >= 0.6 is 0 Å². The second-order valence-corrected chi connectivity index (χ2v) is 13.7. The van der Waals surface area contributed by atoms with E-state index in [1.165, 1.54) is 58.3 Å². The van der Waals surface area contributed by atoms with Gasteiger partial charge in [0.1, 0.15) is 6.10 Å². The molecular weight excluding hydrogens is 408 g/mol. The van der Waals surface area contributed by atoms with Gasteiger partial charge in [-0.05, 0) is 103 Å². The van der Waals surface area contributed by atoms with Crippen LogP contribution in [0.15, 0.2) is 0 Å². The van der Waals surface area contributed by atoms with Gasteiger partial charge in [-0.1, -0.05) is 54.4 Å². The number of fused-ring (bicyclic) bond motifs is 5. The van der Waals surface area contributed by atoms with E-state index >= 15 is 0 Å². The van der Waals surface area contributed by atoms with E-state index in [1.54, 1.807) is 0 Å². The highest BCUT2D eigenvalue weighted by molar-refractivity contribution is 5.66. The highest BCUT2D eigenvalue weighted by Gasteiger charge is 2.62. The number of aliphatic hydroxyl groups excluding tert-OH is 1. The number of ether oxygens (including phenoxy) is 1. The summed E-state index contributed by atoms with van der Waals surface area (Å²) in [5.74, 6) is 5.85. The minimum Gasteiger partial charge on any atom is -0.462 e. The Morgan fingerprint density at radius 1 is 0.970 bits per heavy atom. The van der Waals surface area contributed by atoms with Crippen LogP contribution in [-0.4, -0.2) is 23.3 Å². The number of aliphatic hydroxyl groups is 1. The van der Waals surface area contributed by atoms with E-state index in [9.17, 15) is 9.90 Å². The summed E-state index contributed by atoms with van der Waals surface area (Å²) in [6.45, 7) is 16.3. The monoisotopic (exact) mass is 460 g/mol. The summed E-state index contributed by atoms with van der Waals surface area (Å²) in [6, 6.07) is 0. The molecule has 3 heteroatoms. The molecule has 3 unspecified atom stereocenters. The van der Waals surface area contributed by atoms with Gasteiger partial charge in [0.25, 0.3) is 0 Å². The SMILES string of the molecule is CC(=O)OC1CC(O)[C@@]2(C)C(CC[C@@H]3[C@@H]2CC[C@]2(C)[C@@H]([C@H](C)CC[C@@H](C)C(C)C)CC[C@@H]32)C1. The third kappa shape index (κ3) is 4.43. The maximum Gasteiger partial charge on any atom is 0.302 e. The van der Waals surface area contributed by atoms with Crippen LogP contribution in [0.4, 0.5) is 0 Å². The Balaban J connectivity index is 1.47. The number of carbonyl (C=O) groups excluding carboxylic acids is 1. The first-order chi connectivity index (χ1) is 15.5. The van der Waals surface area contributed by atoms with E-state index in [0.29, 0.717) is 23.7 Å². The molecule has 4 saturated carbocycles. The number of rotatable bonds is 6. The highest BCUT2D eigenvalue weighted by atomic mass is 16.5. The molecule has 0 aromatic carbocycles. The third-order valence-electron chi connectivity index (χ3n) is 12.0. The molecule has 0 aromatic rings. The number of hydrogen-bond donors (Lipinski definition) is 1. The molecular formula is C30H52O3. The maximum atomic E-state index is 11.5. The zero-order chi connectivity index (χ0) is 24.1. The second kappa shape index (κ2) is 9.47. The van der Waals surface area contributed by atoms with E-state index in [4.69, 9.17) is 4.74 Å². The zero-order valence-corrected chi connectivity index (χ0v) is 22.6. The summed E-state index contributed by atoms with van der Waals surface area (Å²) < 4.78 is 5.57. The van der Waals surface area contributed by atoms with E-state index < -0.39 is 0 Å². The van der Waals surface area contributed by atoms with Gasteiger partial charge in [-0.3, -0.25) is 4.79 Å². The minimum absolute atomic E-state index is 0.00268. The number of esters is 1. The van der Waals surface area contributed by atoms with Crippen LogP contribution in [0.1, 0.15) is 113 Å². The lowest BCUT2D eigenvalue weighted by Crippen LogP contribution is -2.59. The fourth-order valence-corrected chi connectivity index (χ4v) is 9.64. The molecule has 4 rings (SSSR count). The molecule has 0 saturated heterocycles. The quantitative estimate of drug-likeness (QED) is 0.424. The van der Waals surface area contributed by atoms with Crippen LogP contribution in [0.5, 0.6) is 0 Å². The van der Waals surface area contributed by atoms with Crippen LogP contribution in [0.25, 0.3) is 0 Å². The molecule has 0 amide bonds. The van der Waals surface area contributed by atoms with Crippen molar-refractivity contribution in [3.63, 3.8) is 0 Å². The molecule has 33 heavy (non-hydrogen) atoms. The van der Waals surface area contributed by atoms with E-state index in [2.05, 4.69) is 41.5 Å². The Kier molecular flexibility index (Phi) is 7.33. The fourth-order valence-electron chi connectivity index (χ4n) is 9.64. The summed E-state index contributed by atoms with van der Waals surface area (Å²) >= 11 is 0. The predicted octanol–water partition coefficient (Wildman–Crippen LogP) is 7.26. The lowest BCUT2D eigenvalue weighted by molar-refractivity contribution is -0.191. The minimum atomic E-state index is -0.341. The van der Waals surface area contributed by atoms with Crippen molar-refractivity contribution in [1.82, 2.24) is 0 Å². The number of carbonyl (C=O) groups is 1. The smallest absolute Gasteiger partial charge is 0.302 e. The maximum absolute atomic E-state index is 11.5. The number of hydrogen-bond acceptors (Lipinski definition) is 3. The van der Waals surface area contributed by atoms with Crippen LogP contribution in [0, 0.1) is 58.2 Å². The Bertz CT molecular complexity index is 703. The Labute approximate surface area is 203 Å². The third-order valence-corrected chi connectivity index (χ3v) is 12.0. The molecule has 1 N–H and O–H groups in total. The van der Waals surface area contributed by atoms with Crippen molar-refractivity contribution in [2.75, 3.05) is 0 Å². The molecule has 0 aliphatic heterocycles. The van der Waals surface area contributed by atoms with Gasteiger partial charge in [-0.15, -0.1) is 0 Å². The summed E-state index contributed by atoms with van der Waals surface area (Å²) in [5, 5.41) is 11.4. The van der Waals surface area contributed by atoms with Crippen LogP contribution in [0.2, 0.25) is 0 Å². The lowest BCUT2D eigenvalue weighted by Gasteiger charge is -2.62. The Hall–Kier alpha value is -0.570. The van der Waals surface area contributed by atoms with Gasteiger partial charge in [-0.2, -0.15) is 0 Å². The van der Waals surface area contributed by atoms with Crippen molar-refractivity contribution in [3.8, 4) is 0 Å². The molecule has 0 bridgehead atoms. The molecule has 0 spiro atoms. The molecule has 3 nitrogen and oxygen atoms in total. The summed E-state index contributed by atoms with van der Waals surface area (Å²) in [5.41, 5.74) is 0.488. The van der Waals surface area contributed by atoms with Crippen molar-refractivity contribution < 1.29 is 14.6 Å². The van der Waals surface area contributed by atoms with Crippen molar-refractivity contribution in [1.29, 1.82) is 0 Å². The van der Waals surface area contributed by atoms with Crippen LogP contribution < -0.4 is 0 Å². The molecule has 190 valence electrons. The lowest BCUT2D eigenvalue weighted by atomic mass is 9.43. The molecule has 11 atom stereocenters. The molecule has 0 aromatic heterocycles. The average Bonchev–Trinajstić information content (AvgIpc) is 3.09. The molecule has 4 fully saturated rings. The van der Waals surface area contributed by atoms with E-state index in [0.717, 1.165) is 41.9 Å².